The van der Waals surface area contributed by atoms with Gasteiger partial charge in [-0.05, 0) is 54.3 Å². The first-order valence-corrected chi connectivity index (χ1v) is 6.47. The molecule has 0 spiro atoms. The van der Waals surface area contributed by atoms with Crippen molar-refractivity contribution in [2.75, 3.05) is 13.7 Å². The fraction of sp³-hybridized carbons (Fsp3) is 0.600. The van der Waals surface area contributed by atoms with Crippen molar-refractivity contribution < 1.29 is 4.74 Å². The van der Waals surface area contributed by atoms with Crippen LogP contribution in [0.5, 0.6) is 5.75 Å². The Labute approximate surface area is 104 Å². The normalized spacial score (nSPS) is 17.2. The second kappa shape index (κ2) is 4.69. The van der Waals surface area contributed by atoms with Gasteiger partial charge >= 0.3 is 0 Å². The molecule has 0 unspecified atom stereocenters. The Morgan fingerprint density at radius 2 is 2.06 bits per heavy atom. The van der Waals surface area contributed by atoms with Crippen molar-refractivity contribution in [1.29, 1.82) is 0 Å². The van der Waals surface area contributed by atoms with E-state index < -0.39 is 0 Å². The second-order valence-corrected chi connectivity index (χ2v) is 5.61. The Morgan fingerprint density at radius 3 is 2.53 bits per heavy atom. The van der Waals surface area contributed by atoms with E-state index in [0.29, 0.717) is 11.3 Å². The lowest BCUT2D eigenvalue weighted by molar-refractivity contribution is 0.407. The number of methoxy groups -OCH3 is 1. The molecule has 17 heavy (non-hydrogen) atoms. The van der Waals surface area contributed by atoms with E-state index in [9.17, 15) is 0 Å². The fourth-order valence-corrected chi connectivity index (χ4v) is 2.41. The van der Waals surface area contributed by atoms with Gasteiger partial charge in [0, 0.05) is 0 Å². The van der Waals surface area contributed by atoms with E-state index in [0.717, 1.165) is 18.7 Å². The molecule has 2 N–H and O–H groups in total. The highest BCUT2D eigenvalue weighted by atomic mass is 16.5. The van der Waals surface area contributed by atoms with Crippen molar-refractivity contribution in [2.45, 2.75) is 39.0 Å². The number of ether oxygens (including phenoxy) is 1. The van der Waals surface area contributed by atoms with Gasteiger partial charge in [-0.15, -0.1) is 0 Å². The van der Waals surface area contributed by atoms with E-state index in [1.165, 1.54) is 24.0 Å². The Kier molecular flexibility index (Phi) is 3.43. The molecule has 2 heteroatoms. The summed E-state index contributed by atoms with van der Waals surface area (Å²) in [6, 6.07) is 6.57. The molecule has 1 aromatic rings. The SMILES string of the molecule is COc1ccc(CC2(CN)CC2)cc1C(C)C. The van der Waals surface area contributed by atoms with Crippen molar-refractivity contribution in [3.63, 3.8) is 0 Å². The molecular formula is C15H23NO. The maximum atomic E-state index is 5.85. The first-order valence-electron chi connectivity index (χ1n) is 6.47. The van der Waals surface area contributed by atoms with Gasteiger partial charge in [-0.3, -0.25) is 0 Å². The highest BCUT2D eigenvalue weighted by Crippen LogP contribution is 2.47. The summed E-state index contributed by atoms with van der Waals surface area (Å²) in [4.78, 5) is 0. The summed E-state index contributed by atoms with van der Waals surface area (Å²) in [5.41, 5.74) is 8.96. The molecule has 0 saturated heterocycles. The maximum absolute atomic E-state index is 5.85. The lowest BCUT2D eigenvalue weighted by Gasteiger charge is -2.16. The molecule has 2 rings (SSSR count). The van der Waals surface area contributed by atoms with Gasteiger partial charge in [-0.2, -0.15) is 0 Å². The third-order valence-corrected chi connectivity index (χ3v) is 3.89. The van der Waals surface area contributed by atoms with E-state index in [4.69, 9.17) is 10.5 Å². The lowest BCUT2D eigenvalue weighted by Crippen LogP contribution is -2.18. The topological polar surface area (TPSA) is 35.2 Å². The molecule has 2 nitrogen and oxygen atoms in total. The molecule has 94 valence electrons. The molecule has 0 amide bonds. The van der Waals surface area contributed by atoms with Gasteiger partial charge < -0.3 is 10.5 Å². The minimum absolute atomic E-state index is 0.406. The Balaban J connectivity index is 2.21. The Bertz CT molecular complexity index is 394. The van der Waals surface area contributed by atoms with Gasteiger partial charge in [-0.25, -0.2) is 0 Å². The van der Waals surface area contributed by atoms with E-state index in [1.54, 1.807) is 7.11 Å². The standard InChI is InChI=1S/C15H23NO/c1-11(2)13-8-12(4-5-14(13)17-3)9-15(10-16)6-7-15/h4-5,8,11H,6-7,9-10,16H2,1-3H3. The van der Waals surface area contributed by atoms with Crippen molar-refractivity contribution in [3.8, 4) is 5.75 Å². The van der Waals surface area contributed by atoms with Crippen molar-refractivity contribution in [1.82, 2.24) is 0 Å². The van der Waals surface area contributed by atoms with E-state index in [2.05, 4.69) is 32.0 Å². The zero-order valence-corrected chi connectivity index (χ0v) is 11.1. The number of hydrogen-bond donors (Lipinski definition) is 1. The van der Waals surface area contributed by atoms with Crippen LogP contribution in [0.15, 0.2) is 18.2 Å². The van der Waals surface area contributed by atoms with Crippen LogP contribution in [-0.4, -0.2) is 13.7 Å². The number of hydrogen-bond acceptors (Lipinski definition) is 2. The predicted molar refractivity (Wildman–Crippen MR) is 71.5 cm³/mol. The van der Waals surface area contributed by atoms with Crippen molar-refractivity contribution in [3.05, 3.63) is 29.3 Å². The average molecular weight is 233 g/mol. The first kappa shape index (κ1) is 12.4. The van der Waals surface area contributed by atoms with Crippen LogP contribution in [0, 0.1) is 5.41 Å². The van der Waals surface area contributed by atoms with Gasteiger partial charge in [0.1, 0.15) is 5.75 Å². The minimum Gasteiger partial charge on any atom is -0.496 e. The number of rotatable bonds is 5. The van der Waals surface area contributed by atoms with Crippen LogP contribution >= 0.6 is 0 Å². The third-order valence-electron chi connectivity index (χ3n) is 3.89. The summed E-state index contributed by atoms with van der Waals surface area (Å²) in [5.74, 6) is 1.50. The molecule has 1 aromatic carbocycles. The maximum Gasteiger partial charge on any atom is 0.122 e. The molecule has 1 saturated carbocycles. The van der Waals surface area contributed by atoms with Crippen molar-refractivity contribution >= 4 is 0 Å². The third kappa shape index (κ3) is 2.63. The molecule has 1 aliphatic rings. The fourth-order valence-electron chi connectivity index (χ4n) is 2.41. The van der Waals surface area contributed by atoms with Crippen LogP contribution in [-0.2, 0) is 6.42 Å². The molecule has 1 aliphatic carbocycles. The summed E-state index contributed by atoms with van der Waals surface area (Å²) in [5, 5.41) is 0. The Morgan fingerprint density at radius 1 is 1.35 bits per heavy atom. The van der Waals surface area contributed by atoms with Crippen LogP contribution in [0.25, 0.3) is 0 Å². The molecule has 0 heterocycles. The molecule has 1 fully saturated rings. The molecular weight excluding hydrogens is 210 g/mol. The van der Waals surface area contributed by atoms with Gasteiger partial charge in [0.05, 0.1) is 7.11 Å². The van der Waals surface area contributed by atoms with Crippen LogP contribution in [0.3, 0.4) is 0 Å². The molecule has 0 bridgehead atoms. The van der Waals surface area contributed by atoms with Crippen LogP contribution in [0.2, 0.25) is 0 Å². The van der Waals surface area contributed by atoms with Crippen LogP contribution < -0.4 is 10.5 Å². The van der Waals surface area contributed by atoms with Crippen LogP contribution in [0.4, 0.5) is 0 Å². The summed E-state index contributed by atoms with van der Waals surface area (Å²) in [6.45, 7) is 5.23. The largest absolute Gasteiger partial charge is 0.496 e. The highest BCUT2D eigenvalue weighted by Gasteiger charge is 2.40. The minimum atomic E-state index is 0.406. The van der Waals surface area contributed by atoms with Gasteiger partial charge in [-0.1, -0.05) is 26.0 Å². The Hall–Kier alpha value is -1.02. The molecule has 0 aliphatic heterocycles. The quantitative estimate of drug-likeness (QED) is 0.848. The van der Waals surface area contributed by atoms with Gasteiger partial charge in [0.15, 0.2) is 0 Å². The predicted octanol–water partition coefficient (Wildman–Crippen LogP) is 3.10. The lowest BCUT2D eigenvalue weighted by atomic mass is 9.92. The summed E-state index contributed by atoms with van der Waals surface area (Å²) < 4.78 is 5.41. The summed E-state index contributed by atoms with van der Waals surface area (Å²) in [6.07, 6.45) is 3.69. The first-order chi connectivity index (χ1) is 8.10. The summed E-state index contributed by atoms with van der Waals surface area (Å²) >= 11 is 0. The number of benzene rings is 1. The van der Waals surface area contributed by atoms with Gasteiger partial charge in [0.25, 0.3) is 0 Å². The monoisotopic (exact) mass is 233 g/mol. The summed E-state index contributed by atoms with van der Waals surface area (Å²) in [7, 11) is 1.74. The molecule has 0 aromatic heterocycles. The van der Waals surface area contributed by atoms with Crippen LogP contribution in [0.1, 0.15) is 43.7 Å². The molecule has 0 radical (unpaired) electrons. The van der Waals surface area contributed by atoms with Crippen molar-refractivity contribution in [2.24, 2.45) is 11.1 Å². The number of nitrogens with two attached hydrogens (primary N) is 1. The molecule has 0 atom stereocenters. The van der Waals surface area contributed by atoms with E-state index in [1.807, 2.05) is 0 Å². The zero-order chi connectivity index (χ0) is 12.5. The zero-order valence-electron chi connectivity index (χ0n) is 11.1. The second-order valence-electron chi connectivity index (χ2n) is 5.61. The smallest absolute Gasteiger partial charge is 0.122 e. The van der Waals surface area contributed by atoms with E-state index in [-0.39, 0.29) is 0 Å². The highest BCUT2D eigenvalue weighted by molar-refractivity contribution is 5.40. The van der Waals surface area contributed by atoms with E-state index >= 15 is 0 Å². The average Bonchev–Trinajstić information content (AvgIpc) is 3.09. The van der Waals surface area contributed by atoms with Gasteiger partial charge in [0.2, 0.25) is 0 Å².